The lowest BCUT2D eigenvalue weighted by molar-refractivity contribution is 0.0875. The Bertz CT molecular complexity index is 405. The van der Waals surface area contributed by atoms with Crippen LogP contribution in [0.2, 0.25) is 0 Å². The molecule has 0 spiro atoms. The SMILES string of the molecule is Cc1ccc(CNCC(C(C)C)N2CCN(C)CC2)cc1. The maximum absolute atomic E-state index is 3.66. The van der Waals surface area contributed by atoms with Gasteiger partial charge in [-0.05, 0) is 25.5 Å². The fourth-order valence-corrected chi connectivity index (χ4v) is 3.01. The molecule has 0 amide bonds. The third-order valence-electron chi connectivity index (χ3n) is 4.58. The van der Waals surface area contributed by atoms with E-state index in [1.54, 1.807) is 0 Å². The van der Waals surface area contributed by atoms with Gasteiger partial charge in [0.05, 0.1) is 0 Å². The van der Waals surface area contributed by atoms with Crippen LogP contribution < -0.4 is 5.32 Å². The Labute approximate surface area is 130 Å². The number of rotatable bonds is 6. The van der Waals surface area contributed by atoms with Gasteiger partial charge in [0.1, 0.15) is 0 Å². The predicted octanol–water partition coefficient (Wildman–Crippen LogP) is 2.36. The van der Waals surface area contributed by atoms with Gasteiger partial charge in [-0.15, -0.1) is 0 Å². The van der Waals surface area contributed by atoms with Crippen molar-refractivity contribution >= 4 is 0 Å². The van der Waals surface area contributed by atoms with Gasteiger partial charge in [-0.25, -0.2) is 0 Å². The maximum atomic E-state index is 3.66. The summed E-state index contributed by atoms with van der Waals surface area (Å²) in [5.41, 5.74) is 2.71. The molecule has 3 heteroatoms. The maximum Gasteiger partial charge on any atom is 0.0244 e. The van der Waals surface area contributed by atoms with E-state index < -0.39 is 0 Å². The zero-order chi connectivity index (χ0) is 15.2. The average molecular weight is 289 g/mol. The Morgan fingerprint density at radius 3 is 2.24 bits per heavy atom. The number of likely N-dealkylation sites (N-methyl/N-ethyl adjacent to an activating group) is 1. The van der Waals surface area contributed by atoms with E-state index in [9.17, 15) is 0 Å². The highest BCUT2D eigenvalue weighted by Crippen LogP contribution is 2.13. The van der Waals surface area contributed by atoms with Crippen molar-refractivity contribution in [2.45, 2.75) is 33.4 Å². The summed E-state index contributed by atoms with van der Waals surface area (Å²) in [4.78, 5) is 5.08. The van der Waals surface area contributed by atoms with Crippen molar-refractivity contribution in [3.8, 4) is 0 Å². The minimum atomic E-state index is 0.643. The van der Waals surface area contributed by atoms with Crippen LogP contribution in [0.3, 0.4) is 0 Å². The number of aryl methyl sites for hydroxylation is 1. The first-order valence-corrected chi connectivity index (χ1v) is 8.25. The largest absolute Gasteiger partial charge is 0.311 e. The number of nitrogens with one attached hydrogen (secondary N) is 1. The van der Waals surface area contributed by atoms with E-state index >= 15 is 0 Å². The van der Waals surface area contributed by atoms with Crippen molar-refractivity contribution in [1.82, 2.24) is 15.1 Å². The first kappa shape index (κ1) is 16.5. The van der Waals surface area contributed by atoms with Gasteiger partial charge >= 0.3 is 0 Å². The molecule has 0 bridgehead atoms. The normalized spacial score (nSPS) is 19.1. The van der Waals surface area contributed by atoms with Crippen LogP contribution in [0, 0.1) is 12.8 Å². The van der Waals surface area contributed by atoms with E-state index in [1.165, 1.54) is 37.3 Å². The van der Waals surface area contributed by atoms with Crippen molar-refractivity contribution < 1.29 is 0 Å². The van der Waals surface area contributed by atoms with Crippen LogP contribution >= 0.6 is 0 Å². The van der Waals surface area contributed by atoms with Crippen LogP contribution in [0.25, 0.3) is 0 Å². The van der Waals surface area contributed by atoms with Crippen LogP contribution in [0.15, 0.2) is 24.3 Å². The van der Waals surface area contributed by atoms with Crippen molar-refractivity contribution in [3.63, 3.8) is 0 Å². The van der Waals surface area contributed by atoms with E-state index in [0.29, 0.717) is 12.0 Å². The number of hydrogen-bond donors (Lipinski definition) is 1. The third-order valence-corrected chi connectivity index (χ3v) is 4.58. The fraction of sp³-hybridized carbons (Fsp3) is 0.667. The lowest BCUT2D eigenvalue weighted by atomic mass is 10.0. The van der Waals surface area contributed by atoms with Gasteiger partial charge in [0.15, 0.2) is 0 Å². The number of piperazine rings is 1. The van der Waals surface area contributed by atoms with E-state index in [1.807, 2.05) is 0 Å². The number of hydrogen-bond acceptors (Lipinski definition) is 3. The Balaban J connectivity index is 1.81. The quantitative estimate of drug-likeness (QED) is 0.867. The highest BCUT2D eigenvalue weighted by molar-refractivity contribution is 5.21. The van der Waals surface area contributed by atoms with E-state index in [0.717, 1.165) is 13.1 Å². The summed E-state index contributed by atoms with van der Waals surface area (Å²) in [5.74, 6) is 0.693. The molecule has 1 N–H and O–H groups in total. The molecular weight excluding hydrogens is 258 g/mol. The molecule has 0 radical (unpaired) electrons. The highest BCUT2D eigenvalue weighted by Gasteiger charge is 2.24. The second-order valence-corrected chi connectivity index (χ2v) is 6.77. The van der Waals surface area contributed by atoms with Crippen molar-refractivity contribution in [2.75, 3.05) is 39.8 Å². The molecule has 1 atom stereocenters. The molecule has 118 valence electrons. The predicted molar refractivity (Wildman–Crippen MR) is 90.6 cm³/mol. The zero-order valence-electron chi connectivity index (χ0n) is 14.1. The van der Waals surface area contributed by atoms with Crippen LogP contribution in [0.5, 0.6) is 0 Å². The van der Waals surface area contributed by atoms with Crippen LogP contribution in [0.1, 0.15) is 25.0 Å². The van der Waals surface area contributed by atoms with Gasteiger partial charge < -0.3 is 10.2 Å². The van der Waals surface area contributed by atoms with Gasteiger partial charge in [0.2, 0.25) is 0 Å². The van der Waals surface area contributed by atoms with Crippen LogP contribution in [-0.4, -0.2) is 55.6 Å². The van der Waals surface area contributed by atoms with Gasteiger partial charge in [0, 0.05) is 45.3 Å². The summed E-state index contributed by atoms with van der Waals surface area (Å²) in [6.07, 6.45) is 0. The standard InChI is InChI=1S/C18H31N3/c1-15(2)18(21-11-9-20(4)10-12-21)14-19-13-17-7-5-16(3)6-8-17/h5-8,15,18-19H,9-14H2,1-4H3. The average Bonchev–Trinajstić information content (AvgIpc) is 2.46. The molecule has 0 aliphatic carbocycles. The summed E-state index contributed by atoms with van der Waals surface area (Å²) in [6, 6.07) is 9.48. The topological polar surface area (TPSA) is 18.5 Å². The minimum absolute atomic E-state index is 0.643. The summed E-state index contributed by atoms with van der Waals surface area (Å²) in [5, 5.41) is 3.66. The zero-order valence-corrected chi connectivity index (χ0v) is 14.1. The highest BCUT2D eigenvalue weighted by atomic mass is 15.3. The van der Waals surface area contributed by atoms with Gasteiger partial charge in [-0.1, -0.05) is 43.7 Å². The summed E-state index contributed by atoms with van der Waals surface area (Å²) in [6.45, 7) is 13.7. The van der Waals surface area contributed by atoms with Crippen molar-refractivity contribution in [1.29, 1.82) is 0 Å². The Kier molecular flexibility index (Phi) is 6.22. The molecule has 2 rings (SSSR count). The molecule has 1 fully saturated rings. The summed E-state index contributed by atoms with van der Waals surface area (Å²) in [7, 11) is 2.22. The monoisotopic (exact) mass is 289 g/mol. The second kappa shape index (κ2) is 7.92. The third kappa shape index (κ3) is 5.10. The summed E-state index contributed by atoms with van der Waals surface area (Å²) >= 11 is 0. The first-order valence-electron chi connectivity index (χ1n) is 8.25. The lowest BCUT2D eigenvalue weighted by Crippen LogP contribution is -2.53. The molecule has 0 saturated carbocycles. The minimum Gasteiger partial charge on any atom is -0.311 e. The lowest BCUT2D eigenvalue weighted by Gasteiger charge is -2.40. The number of nitrogens with zero attached hydrogens (tertiary/aromatic N) is 2. The van der Waals surface area contributed by atoms with E-state index in [4.69, 9.17) is 0 Å². The van der Waals surface area contributed by atoms with E-state index in [2.05, 4.69) is 67.2 Å². The fourth-order valence-electron chi connectivity index (χ4n) is 3.01. The van der Waals surface area contributed by atoms with Crippen LogP contribution in [0.4, 0.5) is 0 Å². The second-order valence-electron chi connectivity index (χ2n) is 6.77. The first-order chi connectivity index (χ1) is 10.1. The molecule has 1 saturated heterocycles. The Morgan fingerprint density at radius 2 is 1.67 bits per heavy atom. The number of benzene rings is 1. The van der Waals surface area contributed by atoms with Crippen LogP contribution in [-0.2, 0) is 6.54 Å². The molecule has 1 aromatic rings. The van der Waals surface area contributed by atoms with Crippen molar-refractivity contribution in [2.24, 2.45) is 5.92 Å². The molecule has 21 heavy (non-hydrogen) atoms. The smallest absolute Gasteiger partial charge is 0.0244 e. The molecular formula is C18H31N3. The Hall–Kier alpha value is -0.900. The van der Waals surface area contributed by atoms with Gasteiger partial charge in [-0.2, -0.15) is 0 Å². The molecule has 0 aromatic heterocycles. The van der Waals surface area contributed by atoms with Gasteiger partial charge in [0.25, 0.3) is 0 Å². The molecule has 1 aliphatic rings. The molecule has 1 heterocycles. The Morgan fingerprint density at radius 1 is 1.05 bits per heavy atom. The van der Waals surface area contributed by atoms with E-state index in [-0.39, 0.29) is 0 Å². The van der Waals surface area contributed by atoms with Crippen molar-refractivity contribution in [3.05, 3.63) is 35.4 Å². The van der Waals surface area contributed by atoms with Gasteiger partial charge in [-0.3, -0.25) is 4.90 Å². The summed E-state index contributed by atoms with van der Waals surface area (Å²) < 4.78 is 0. The molecule has 1 aromatic carbocycles. The molecule has 1 unspecified atom stereocenters. The molecule has 3 nitrogen and oxygen atoms in total. The molecule has 1 aliphatic heterocycles.